The molecule has 0 bridgehead atoms. The molecular weight excluding hydrogens is 442 g/mol. The molecule has 0 radical (unpaired) electrons. The molecule has 0 fully saturated rings. The molecular formula is C26H27N7O2. The van der Waals surface area contributed by atoms with Crippen LogP contribution in [-0.2, 0) is 17.8 Å². The molecule has 1 aromatic heterocycles. The van der Waals surface area contributed by atoms with Gasteiger partial charge in [0.25, 0.3) is 5.91 Å². The maximum atomic E-state index is 12.3. The van der Waals surface area contributed by atoms with E-state index in [2.05, 4.69) is 26.0 Å². The van der Waals surface area contributed by atoms with E-state index in [4.69, 9.17) is 0 Å². The number of carbonyl (C=O) groups is 2. The van der Waals surface area contributed by atoms with E-state index < -0.39 is 0 Å². The van der Waals surface area contributed by atoms with E-state index in [1.807, 2.05) is 54.6 Å². The smallest absolute Gasteiger partial charge is 0.253 e. The van der Waals surface area contributed by atoms with Crippen molar-refractivity contribution in [3.8, 4) is 11.4 Å². The molecule has 9 nitrogen and oxygen atoms in total. The third kappa shape index (κ3) is 6.50. The normalized spacial score (nSPS) is 10.6. The Labute approximate surface area is 203 Å². The number of aryl methyl sites for hydroxylation is 2. The molecule has 3 aromatic carbocycles. The predicted molar refractivity (Wildman–Crippen MR) is 135 cm³/mol. The number of hydrogen-bond acceptors (Lipinski definition) is 6. The van der Waals surface area contributed by atoms with Gasteiger partial charge in [-0.1, -0.05) is 42.5 Å². The van der Waals surface area contributed by atoms with Gasteiger partial charge in [-0.05, 0) is 53.6 Å². The Balaban J connectivity index is 1.22. The van der Waals surface area contributed by atoms with Crippen molar-refractivity contribution in [1.29, 1.82) is 0 Å². The number of nitrogens with zero attached hydrogens (tertiary/aromatic N) is 5. The highest BCUT2D eigenvalue weighted by Crippen LogP contribution is 2.14. The average molecular weight is 470 g/mol. The molecule has 0 spiro atoms. The van der Waals surface area contributed by atoms with Gasteiger partial charge in [0, 0.05) is 36.6 Å². The van der Waals surface area contributed by atoms with Gasteiger partial charge in [0.1, 0.15) is 0 Å². The highest BCUT2D eigenvalue weighted by molar-refractivity contribution is 5.96. The maximum absolute atomic E-state index is 12.3. The first kappa shape index (κ1) is 23.6. The van der Waals surface area contributed by atoms with Crippen LogP contribution in [-0.4, -0.2) is 57.6 Å². The summed E-state index contributed by atoms with van der Waals surface area (Å²) in [6.45, 7) is 0.747. The Hall–Kier alpha value is -4.53. The van der Waals surface area contributed by atoms with E-state index in [0.29, 0.717) is 23.6 Å². The minimum Gasteiger partial charge on any atom is -0.376 e. The van der Waals surface area contributed by atoms with Gasteiger partial charge >= 0.3 is 0 Å². The summed E-state index contributed by atoms with van der Waals surface area (Å²) in [5.41, 5.74) is 4.13. The first-order valence-corrected chi connectivity index (χ1v) is 11.3. The number of anilines is 2. The number of amides is 2. The standard InChI is InChI=1S/C26H27N7O2/c1-32(2)26(35)21-10-14-23(15-11-21)28-24(34)18-27-22-12-8-19(9-13-22)16-17-33-30-25(29-31-33)20-6-4-3-5-7-20/h3-15,27H,16-18H2,1-2H3,(H,28,34). The van der Waals surface area contributed by atoms with Crippen LogP contribution >= 0.6 is 0 Å². The van der Waals surface area contributed by atoms with E-state index in [9.17, 15) is 9.59 Å². The van der Waals surface area contributed by atoms with E-state index in [1.165, 1.54) is 4.90 Å². The Bertz CT molecular complexity index is 1270. The number of tetrazole rings is 1. The largest absolute Gasteiger partial charge is 0.376 e. The lowest BCUT2D eigenvalue weighted by atomic mass is 10.1. The van der Waals surface area contributed by atoms with Crippen LogP contribution in [0.4, 0.5) is 11.4 Å². The molecule has 178 valence electrons. The zero-order valence-corrected chi connectivity index (χ0v) is 19.7. The molecule has 4 rings (SSSR count). The average Bonchev–Trinajstić information content (AvgIpc) is 3.36. The third-order valence-electron chi connectivity index (χ3n) is 5.31. The third-order valence-corrected chi connectivity index (χ3v) is 5.31. The van der Waals surface area contributed by atoms with Gasteiger partial charge in [0.15, 0.2) is 0 Å². The first-order chi connectivity index (χ1) is 17.0. The Morgan fingerprint density at radius 2 is 1.57 bits per heavy atom. The maximum Gasteiger partial charge on any atom is 0.253 e. The molecule has 0 unspecified atom stereocenters. The lowest BCUT2D eigenvalue weighted by Gasteiger charge is -2.11. The molecule has 9 heteroatoms. The summed E-state index contributed by atoms with van der Waals surface area (Å²) in [4.78, 5) is 27.3. The second kappa shape index (κ2) is 11.1. The number of carbonyl (C=O) groups excluding carboxylic acids is 2. The van der Waals surface area contributed by atoms with E-state index in [1.54, 1.807) is 43.2 Å². The van der Waals surface area contributed by atoms with Crippen LogP contribution < -0.4 is 10.6 Å². The van der Waals surface area contributed by atoms with Crippen LogP contribution in [0.3, 0.4) is 0 Å². The fourth-order valence-electron chi connectivity index (χ4n) is 3.40. The molecule has 0 aliphatic carbocycles. The molecule has 0 atom stereocenters. The van der Waals surface area contributed by atoms with Crippen molar-refractivity contribution in [2.75, 3.05) is 31.3 Å². The fraction of sp³-hybridized carbons (Fsp3) is 0.192. The summed E-state index contributed by atoms with van der Waals surface area (Å²) in [5, 5.41) is 18.6. The number of rotatable bonds is 9. The minimum absolute atomic E-state index is 0.0810. The van der Waals surface area contributed by atoms with Gasteiger partial charge in [-0.3, -0.25) is 9.59 Å². The van der Waals surface area contributed by atoms with Crippen molar-refractivity contribution in [3.63, 3.8) is 0 Å². The van der Waals surface area contributed by atoms with Crippen molar-refractivity contribution in [2.24, 2.45) is 0 Å². The molecule has 4 aromatic rings. The highest BCUT2D eigenvalue weighted by Gasteiger charge is 2.09. The highest BCUT2D eigenvalue weighted by atomic mass is 16.2. The second-order valence-electron chi connectivity index (χ2n) is 8.20. The van der Waals surface area contributed by atoms with E-state index in [-0.39, 0.29) is 18.4 Å². The zero-order valence-electron chi connectivity index (χ0n) is 19.7. The van der Waals surface area contributed by atoms with Crippen molar-refractivity contribution in [2.45, 2.75) is 13.0 Å². The summed E-state index contributed by atoms with van der Waals surface area (Å²) in [6.07, 6.45) is 0.762. The summed E-state index contributed by atoms with van der Waals surface area (Å²) < 4.78 is 0. The van der Waals surface area contributed by atoms with E-state index in [0.717, 1.165) is 23.2 Å². The molecule has 0 saturated heterocycles. The summed E-state index contributed by atoms with van der Waals surface area (Å²) >= 11 is 0. The van der Waals surface area contributed by atoms with Gasteiger partial charge in [-0.15, -0.1) is 10.2 Å². The van der Waals surface area contributed by atoms with Crippen LogP contribution in [0.25, 0.3) is 11.4 Å². The van der Waals surface area contributed by atoms with Crippen molar-refractivity contribution < 1.29 is 9.59 Å². The summed E-state index contributed by atoms with van der Waals surface area (Å²) in [6, 6.07) is 24.5. The predicted octanol–water partition coefficient (Wildman–Crippen LogP) is 3.34. The molecule has 0 saturated carbocycles. The molecule has 2 amide bonds. The summed E-state index contributed by atoms with van der Waals surface area (Å²) in [7, 11) is 3.40. The van der Waals surface area contributed by atoms with Crippen molar-refractivity contribution >= 4 is 23.2 Å². The molecule has 2 N–H and O–H groups in total. The van der Waals surface area contributed by atoms with Crippen LogP contribution in [0, 0.1) is 0 Å². The Morgan fingerprint density at radius 3 is 2.26 bits per heavy atom. The second-order valence-corrected chi connectivity index (χ2v) is 8.20. The van der Waals surface area contributed by atoms with E-state index >= 15 is 0 Å². The molecule has 0 aliphatic heterocycles. The monoisotopic (exact) mass is 469 g/mol. The zero-order chi connectivity index (χ0) is 24.6. The van der Waals surface area contributed by atoms with Gasteiger partial charge in [0.2, 0.25) is 11.7 Å². The van der Waals surface area contributed by atoms with Crippen LogP contribution in [0.15, 0.2) is 78.9 Å². The van der Waals surface area contributed by atoms with Crippen molar-refractivity contribution in [1.82, 2.24) is 25.1 Å². The molecule has 0 aliphatic rings. The van der Waals surface area contributed by atoms with Gasteiger partial charge in [-0.2, -0.15) is 4.80 Å². The number of benzene rings is 3. The summed E-state index contributed by atoms with van der Waals surface area (Å²) in [5.74, 6) is 0.358. The van der Waals surface area contributed by atoms with Crippen LogP contribution in [0.2, 0.25) is 0 Å². The molecule has 1 heterocycles. The lowest BCUT2D eigenvalue weighted by Crippen LogP contribution is -2.22. The number of hydrogen-bond donors (Lipinski definition) is 2. The minimum atomic E-state index is -0.174. The quantitative estimate of drug-likeness (QED) is 0.390. The van der Waals surface area contributed by atoms with Gasteiger partial charge in [0.05, 0.1) is 13.1 Å². The number of aromatic nitrogens is 4. The Kier molecular flexibility index (Phi) is 7.47. The van der Waals surface area contributed by atoms with Crippen LogP contribution in [0.1, 0.15) is 15.9 Å². The lowest BCUT2D eigenvalue weighted by molar-refractivity contribution is -0.114. The van der Waals surface area contributed by atoms with Crippen LogP contribution in [0.5, 0.6) is 0 Å². The SMILES string of the molecule is CN(C)C(=O)c1ccc(NC(=O)CNc2ccc(CCn3nnc(-c4ccccc4)n3)cc2)cc1. The molecule has 35 heavy (non-hydrogen) atoms. The van der Waals surface area contributed by atoms with Gasteiger partial charge in [-0.25, -0.2) is 0 Å². The fourth-order valence-corrected chi connectivity index (χ4v) is 3.40. The Morgan fingerprint density at radius 1 is 0.886 bits per heavy atom. The number of nitrogens with one attached hydrogen (secondary N) is 2. The first-order valence-electron chi connectivity index (χ1n) is 11.3. The van der Waals surface area contributed by atoms with Crippen molar-refractivity contribution in [3.05, 3.63) is 90.0 Å². The topological polar surface area (TPSA) is 105 Å². The van der Waals surface area contributed by atoms with Gasteiger partial charge < -0.3 is 15.5 Å².